The first-order valence-corrected chi connectivity index (χ1v) is 10.5. The normalized spacial score (nSPS) is 27.4. The van der Waals surface area contributed by atoms with Crippen LogP contribution in [-0.2, 0) is 18.9 Å². The van der Waals surface area contributed by atoms with Crippen LogP contribution in [0.1, 0.15) is 44.4 Å². The molecule has 0 spiro atoms. The third kappa shape index (κ3) is 4.94. The lowest BCUT2D eigenvalue weighted by atomic mass is 9.99. The molecule has 2 fully saturated rings. The van der Waals surface area contributed by atoms with Crippen LogP contribution in [0.25, 0.3) is 0 Å². The third-order valence-corrected chi connectivity index (χ3v) is 5.68. The quantitative estimate of drug-likeness (QED) is 0.175. The fourth-order valence-electron chi connectivity index (χ4n) is 3.86. The maximum Gasteiger partial charge on any atom is 0.265 e. The summed E-state index contributed by atoms with van der Waals surface area (Å²) in [6.07, 6.45) is -5.20. The van der Waals surface area contributed by atoms with E-state index in [4.69, 9.17) is 30.6 Å². The van der Waals surface area contributed by atoms with Crippen LogP contribution in [0.15, 0.2) is 48.5 Å². The van der Waals surface area contributed by atoms with Crippen molar-refractivity contribution in [2.75, 3.05) is 13.2 Å². The highest BCUT2D eigenvalue weighted by molar-refractivity contribution is 5.94. The van der Waals surface area contributed by atoms with Gasteiger partial charge in [0.2, 0.25) is 0 Å². The van der Waals surface area contributed by atoms with Crippen molar-refractivity contribution >= 4 is 11.8 Å². The molecule has 2 aliphatic rings. The number of ether oxygens (including phenoxy) is 4. The van der Waals surface area contributed by atoms with E-state index in [1.54, 1.807) is 48.5 Å². The molecule has 12 nitrogen and oxygen atoms in total. The number of aliphatic hydroxyl groups excluding tert-OH is 2. The molecule has 0 aromatic heterocycles. The van der Waals surface area contributed by atoms with Crippen LogP contribution in [0.4, 0.5) is 0 Å². The van der Waals surface area contributed by atoms with E-state index in [9.17, 15) is 19.8 Å². The molecule has 6 atom stereocenters. The largest absolute Gasteiger partial charge is 0.394 e. The molecule has 8 N–H and O–H groups in total. The Balaban J connectivity index is 1.50. The van der Waals surface area contributed by atoms with Crippen LogP contribution >= 0.6 is 0 Å². The topological polar surface area (TPSA) is 188 Å². The summed E-state index contributed by atoms with van der Waals surface area (Å²) in [6.45, 7) is -0.420. The van der Waals surface area contributed by atoms with Gasteiger partial charge in [0.05, 0.1) is 13.2 Å². The summed E-state index contributed by atoms with van der Waals surface area (Å²) in [5, 5.41) is 20.0. The molecule has 2 aliphatic heterocycles. The maximum atomic E-state index is 11.7. The highest BCUT2D eigenvalue weighted by Gasteiger charge is 2.48. The van der Waals surface area contributed by atoms with E-state index in [-0.39, 0.29) is 6.61 Å². The van der Waals surface area contributed by atoms with E-state index in [1.807, 2.05) is 0 Å². The number of hydrogen-bond acceptors (Lipinski definition) is 10. The van der Waals surface area contributed by atoms with E-state index in [2.05, 4.69) is 10.9 Å². The molecule has 4 rings (SSSR count). The molecule has 0 aliphatic carbocycles. The molecule has 2 aromatic rings. The number of hydrazine groups is 2. The molecular formula is C22H26N4O8. The van der Waals surface area contributed by atoms with Crippen LogP contribution in [-0.4, -0.2) is 59.7 Å². The van der Waals surface area contributed by atoms with E-state index in [1.165, 1.54) is 0 Å². The van der Waals surface area contributed by atoms with Gasteiger partial charge in [-0.3, -0.25) is 20.4 Å². The zero-order chi connectivity index (χ0) is 24.2. The Hall–Kier alpha value is -2.94. The summed E-state index contributed by atoms with van der Waals surface area (Å²) in [7, 11) is 0. The van der Waals surface area contributed by atoms with E-state index in [0.717, 1.165) is 0 Å². The predicted molar refractivity (Wildman–Crippen MR) is 115 cm³/mol. The highest BCUT2D eigenvalue weighted by atomic mass is 16.8. The number of carbonyl (C=O) groups is 2. The van der Waals surface area contributed by atoms with Crippen molar-refractivity contribution in [2.45, 2.75) is 37.0 Å². The minimum Gasteiger partial charge on any atom is -0.394 e. The summed E-state index contributed by atoms with van der Waals surface area (Å²) in [5.41, 5.74) is 6.08. The van der Waals surface area contributed by atoms with Crippen molar-refractivity contribution in [2.24, 2.45) is 11.7 Å². The van der Waals surface area contributed by atoms with Crippen LogP contribution in [0.3, 0.4) is 0 Å². The van der Waals surface area contributed by atoms with Gasteiger partial charge in [-0.15, -0.1) is 0 Å². The van der Waals surface area contributed by atoms with Crippen molar-refractivity contribution in [3.8, 4) is 0 Å². The number of nitrogens with two attached hydrogens (primary N) is 2. The Morgan fingerprint density at radius 3 is 1.91 bits per heavy atom. The molecule has 0 radical (unpaired) electrons. The molecule has 2 saturated heterocycles. The van der Waals surface area contributed by atoms with Gasteiger partial charge >= 0.3 is 0 Å². The maximum absolute atomic E-state index is 11.7. The SMILES string of the molecule is NNC(=O)c1ccc(C2OC[C@@H]3OC(c4ccc(C(=O)NN)cc4)O[C@H]([C@H](O)CO)[C@@H]3O2)cc1. The summed E-state index contributed by atoms with van der Waals surface area (Å²) in [6, 6.07) is 12.9. The van der Waals surface area contributed by atoms with Gasteiger partial charge < -0.3 is 29.2 Å². The predicted octanol–water partition coefficient (Wildman–Crippen LogP) is -0.856. The van der Waals surface area contributed by atoms with Gasteiger partial charge in [-0.2, -0.15) is 0 Å². The number of nitrogens with one attached hydrogen (secondary N) is 2. The zero-order valence-corrected chi connectivity index (χ0v) is 18.0. The molecule has 12 heteroatoms. The number of fused-ring (bicyclic) bond motifs is 1. The number of amides is 2. The lowest BCUT2D eigenvalue weighted by Crippen LogP contribution is -2.58. The molecule has 2 unspecified atom stereocenters. The van der Waals surface area contributed by atoms with Gasteiger partial charge in [0.25, 0.3) is 11.8 Å². The van der Waals surface area contributed by atoms with Crippen molar-refractivity contribution in [1.82, 2.24) is 10.9 Å². The monoisotopic (exact) mass is 474 g/mol. The Labute approximate surface area is 194 Å². The lowest BCUT2D eigenvalue weighted by molar-refractivity contribution is -0.373. The lowest BCUT2D eigenvalue weighted by Gasteiger charge is -2.47. The van der Waals surface area contributed by atoms with Crippen LogP contribution in [0.5, 0.6) is 0 Å². The Morgan fingerprint density at radius 2 is 1.41 bits per heavy atom. The zero-order valence-electron chi connectivity index (χ0n) is 18.0. The van der Waals surface area contributed by atoms with Gasteiger partial charge in [0.1, 0.15) is 24.4 Å². The first kappa shape index (κ1) is 24.2. The standard InChI is InChI=1S/C22H26N4O8/c23-25-19(29)11-1-5-13(6-2-11)21-31-10-16-18(34-21)17(15(28)9-27)33-22(32-16)14-7-3-12(4-8-14)20(30)26-24/h1-8,15-18,21-22,27-28H,9-10,23-24H2,(H,25,29)(H,26,30)/t15-,16+,17-,18-,21?,22?/m1/s1. The second-order valence-corrected chi connectivity index (χ2v) is 7.81. The van der Waals surface area contributed by atoms with Crippen LogP contribution in [0, 0.1) is 0 Å². The molecular weight excluding hydrogens is 448 g/mol. The van der Waals surface area contributed by atoms with Gasteiger partial charge in [0, 0.05) is 22.3 Å². The van der Waals surface area contributed by atoms with Gasteiger partial charge in [-0.05, 0) is 24.3 Å². The van der Waals surface area contributed by atoms with Crippen LogP contribution < -0.4 is 22.5 Å². The van der Waals surface area contributed by atoms with E-state index >= 15 is 0 Å². The summed E-state index contributed by atoms with van der Waals surface area (Å²) in [4.78, 5) is 23.3. The molecule has 2 amide bonds. The Kier molecular flexibility index (Phi) is 7.50. The molecule has 0 saturated carbocycles. The Bertz CT molecular complexity index is 1000. The second-order valence-electron chi connectivity index (χ2n) is 7.81. The van der Waals surface area contributed by atoms with Gasteiger partial charge in [0.15, 0.2) is 12.6 Å². The average Bonchev–Trinajstić information content (AvgIpc) is 2.90. The smallest absolute Gasteiger partial charge is 0.265 e. The van der Waals surface area contributed by atoms with Crippen LogP contribution in [0.2, 0.25) is 0 Å². The molecule has 0 bridgehead atoms. The molecule has 182 valence electrons. The number of nitrogen functional groups attached to an aromatic ring is 2. The fourth-order valence-corrected chi connectivity index (χ4v) is 3.86. The first-order valence-electron chi connectivity index (χ1n) is 10.5. The van der Waals surface area contributed by atoms with Crippen molar-refractivity contribution in [3.63, 3.8) is 0 Å². The minimum atomic E-state index is -1.24. The number of hydrogen-bond donors (Lipinski definition) is 6. The summed E-state index contributed by atoms with van der Waals surface area (Å²) in [5.74, 6) is 9.43. The van der Waals surface area contributed by atoms with Crippen molar-refractivity contribution < 1.29 is 38.7 Å². The first-order chi connectivity index (χ1) is 16.4. The second kappa shape index (κ2) is 10.5. The minimum absolute atomic E-state index is 0.128. The summed E-state index contributed by atoms with van der Waals surface area (Å²) >= 11 is 0. The highest BCUT2D eigenvalue weighted by Crippen LogP contribution is 2.39. The van der Waals surface area contributed by atoms with E-state index < -0.39 is 55.4 Å². The summed E-state index contributed by atoms with van der Waals surface area (Å²) < 4.78 is 23.9. The van der Waals surface area contributed by atoms with Gasteiger partial charge in [-0.25, -0.2) is 11.7 Å². The average molecular weight is 474 g/mol. The van der Waals surface area contributed by atoms with Gasteiger partial charge in [-0.1, -0.05) is 24.3 Å². The number of benzene rings is 2. The number of aliphatic hydroxyl groups is 2. The number of rotatable bonds is 6. The molecule has 2 aromatic carbocycles. The Morgan fingerprint density at radius 1 is 0.882 bits per heavy atom. The van der Waals surface area contributed by atoms with Crippen molar-refractivity contribution in [1.29, 1.82) is 0 Å². The molecule has 34 heavy (non-hydrogen) atoms. The third-order valence-electron chi connectivity index (χ3n) is 5.68. The molecule has 2 heterocycles. The number of carbonyl (C=O) groups excluding carboxylic acids is 2. The fraction of sp³-hybridized carbons (Fsp3) is 0.364. The van der Waals surface area contributed by atoms with E-state index in [0.29, 0.717) is 22.3 Å². The van der Waals surface area contributed by atoms with Crippen molar-refractivity contribution in [3.05, 3.63) is 70.8 Å².